The van der Waals surface area contributed by atoms with Crippen molar-refractivity contribution in [2.24, 2.45) is 0 Å². The van der Waals surface area contributed by atoms with Crippen LogP contribution < -0.4 is 10.2 Å². The zero-order valence-corrected chi connectivity index (χ0v) is 13.2. The van der Waals surface area contributed by atoms with Crippen molar-refractivity contribution in [2.75, 3.05) is 6.61 Å². The van der Waals surface area contributed by atoms with E-state index >= 15 is 0 Å². The van der Waals surface area contributed by atoms with Crippen LogP contribution in [0.2, 0.25) is 0 Å². The summed E-state index contributed by atoms with van der Waals surface area (Å²) in [5, 5.41) is 8.48. The zero-order valence-electron chi connectivity index (χ0n) is 10.0. The van der Waals surface area contributed by atoms with Crippen molar-refractivity contribution >= 4 is 37.8 Å². The minimum Gasteiger partial charge on any atom is -0.491 e. The van der Waals surface area contributed by atoms with Gasteiger partial charge >= 0.3 is 0 Å². The summed E-state index contributed by atoms with van der Waals surface area (Å²) in [6, 6.07) is 3.61. The van der Waals surface area contributed by atoms with Crippen molar-refractivity contribution in [3.8, 4) is 5.75 Å². The summed E-state index contributed by atoms with van der Waals surface area (Å²) in [6.07, 6.45) is 2.18. The number of benzene rings is 1. The lowest BCUT2D eigenvalue weighted by Crippen LogP contribution is -2.20. The Hall–Kier alpha value is -0.590. The number of ether oxygens (including phenoxy) is 1. The first-order valence-electron chi connectivity index (χ1n) is 5.62. The van der Waals surface area contributed by atoms with Crippen LogP contribution >= 0.6 is 31.9 Å². The average molecular weight is 381 g/mol. The average Bonchev–Trinajstić information content (AvgIpc) is 2.32. The van der Waals surface area contributed by atoms with Crippen LogP contribution in [0.5, 0.6) is 5.75 Å². The maximum atomic E-state index is 11.1. The van der Waals surface area contributed by atoms with Crippen molar-refractivity contribution in [2.45, 2.75) is 26.2 Å². The molecule has 0 fully saturated rings. The zero-order chi connectivity index (χ0) is 13.5. The van der Waals surface area contributed by atoms with Crippen LogP contribution in [0.25, 0.3) is 0 Å². The number of amides is 1. The molecular formula is C12H15Br2NO3. The van der Waals surface area contributed by atoms with Crippen molar-refractivity contribution in [3.63, 3.8) is 0 Å². The van der Waals surface area contributed by atoms with Gasteiger partial charge in [-0.15, -0.1) is 0 Å². The molecule has 0 unspecified atom stereocenters. The van der Waals surface area contributed by atoms with Crippen LogP contribution in [-0.2, 0) is 11.2 Å². The van der Waals surface area contributed by atoms with Gasteiger partial charge in [-0.3, -0.25) is 10.0 Å². The Morgan fingerprint density at radius 2 is 2.00 bits per heavy atom. The number of halogens is 2. The van der Waals surface area contributed by atoms with E-state index in [1.807, 2.05) is 0 Å². The summed E-state index contributed by atoms with van der Waals surface area (Å²) in [4.78, 5) is 11.1. The maximum absolute atomic E-state index is 11.1. The summed E-state index contributed by atoms with van der Waals surface area (Å²) in [7, 11) is 0. The smallest absolute Gasteiger partial charge is 0.247 e. The van der Waals surface area contributed by atoms with Crippen LogP contribution in [0.3, 0.4) is 0 Å². The largest absolute Gasteiger partial charge is 0.491 e. The topological polar surface area (TPSA) is 58.6 Å². The molecule has 1 aromatic rings. The molecular weight excluding hydrogens is 366 g/mol. The van der Waals surface area contributed by atoms with Gasteiger partial charge in [0.15, 0.2) is 0 Å². The van der Waals surface area contributed by atoms with Gasteiger partial charge in [0.2, 0.25) is 5.91 Å². The van der Waals surface area contributed by atoms with Gasteiger partial charge < -0.3 is 4.74 Å². The number of nitrogens with one attached hydrogen (secondary N) is 1. The highest BCUT2D eigenvalue weighted by molar-refractivity contribution is 9.11. The van der Waals surface area contributed by atoms with Gasteiger partial charge in [0.25, 0.3) is 0 Å². The van der Waals surface area contributed by atoms with Crippen molar-refractivity contribution < 1.29 is 14.7 Å². The van der Waals surface area contributed by atoms with Crippen molar-refractivity contribution in [3.05, 3.63) is 26.6 Å². The number of carbonyl (C=O) groups is 1. The van der Waals surface area contributed by atoms with Gasteiger partial charge in [0, 0.05) is 0 Å². The van der Waals surface area contributed by atoms with Crippen LogP contribution in [0.15, 0.2) is 21.1 Å². The van der Waals surface area contributed by atoms with Gasteiger partial charge in [0.1, 0.15) is 5.75 Å². The second-order valence-electron chi connectivity index (χ2n) is 3.80. The van der Waals surface area contributed by atoms with Crippen LogP contribution in [-0.4, -0.2) is 17.7 Å². The molecule has 0 bridgehead atoms. The van der Waals surface area contributed by atoms with E-state index in [4.69, 9.17) is 9.94 Å². The maximum Gasteiger partial charge on any atom is 0.247 e. The number of carbonyl (C=O) groups excluding carboxylic acids is 1. The van der Waals surface area contributed by atoms with Gasteiger partial charge in [-0.05, 0) is 56.0 Å². The Morgan fingerprint density at radius 3 is 2.50 bits per heavy atom. The van der Waals surface area contributed by atoms with Crippen molar-refractivity contribution in [1.82, 2.24) is 5.48 Å². The van der Waals surface area contributed by atoms with Gasteiger partial charge in [-0.25, -0.2) is 5.48 Å². The highest BCUT2D eigenvalue weighted by Crippen LogP contribution is 2.35. The summed E-state index contributed by atoms with van der Waals surface area (Å²) < 4.78 is 7.22. The Kier molecular flexibility index (Phi) is 6.67. The normalized spacial score (nSPS) is 10.2. The summed E-state index contributed by atoms with van der Waals surface area (Å²) in [6.45, 7) is 2.76. The standard InChI is InChI=1S/C12H15Br2NO3/c1-2-3-4-18-12-9(13)5-8(6-10(12)14)7-11(16)15-17/h5-6,17H,2-4,7H2,1H3,(H,15,16). The lowest BCUT2D eigenvalue weighted by Gasteiger charge is -2.11. The monoisotopic (exact) mass is 379 g/mol. The molecule has 4 nitrogen and oxygen atoms in total. The molecule has 18 heavy (non-hydrogen) atoms. The van der Waals surface area contributed by atoms with E-state index in [0.717, 1.165) is 33.1 Å². The molecule has 0 spiro atoms. The minimum atomic E-state index is -0.451. The van der Waals surface area contributed by atoms with E-state index < -0.39 is 5.91 Å². The second kappa shape index (κ2) is 7.76. The number of hydrogen-bond donors (Lipinski definition) is 2. The number of unbranched alkanes of at least 4 members (excludes halogenated alkanes) is 1. The van der Waals surface area contributed by atoms with E-state index in [9.17, 15) is 4.79 Å². The first-order chi connectivity index (χ1) is 8.58. The van der Waals surface area contributed by atoms with E-state index in [1.165, 1.54) is 0 Å². The van der Waals surface area contributed by atoms with E-state index in [-0.39, 0.29) is 6.42 Å². The van der Waals surface area contributed by atoms with E-state index in [1.54, 1.807) is 17.6 Å². The molecule has 0 aliphatic carbocycles. The Bertz CT molecular complexity index is 401. The first kappa shape index (κ1) is 15.5. The fraction of sp³-hybridized carbons (Fsp3) is 0.417. The molecule has 1 amide bonds. The van der Waals surface area contributed by atoms with Crippen LogP contribution in [0.1, 0.15) is 25.3 Å². The highest BCUT2D eigenvalue weighted by atomic mass is 79.9. The van der Waals surface area contributed by atoms with Gasteiger partial charge in [-0.1, -0.05) is 13.3 Å². The molecule has 0 aliphatic heterocycles. The minimum absolute atomic E-state index is 0.114. The molecule has 100 valence electrons. The molecule has 1 aromatic carbocycles. The van der Waals surface area contributed by atoms with Gasteiger partial charge in [0.05, 0.1) is 22.0 Å². The lowest BCUT2D eigenvalue weighted by molar-refractivity contribution is -0.128. The number of hydroxylamine groups is 1. The SMILES string of the molecule is CCCCOc1c(Br)cc(CC(=O)NO)cc1Br. The Balaban J connectivity index is 2.80. The molecule has 0 saturated carbocycles. The van der Waals surface area contributed by atoms with E-state index in [2.05, 4.69) is 38.8 Å². The van der Waals surface area contributed by atoms with Crippen molar-refractivity contribution in [1.29, 1.82) is 0 Å². The molecule has 0 aliphatic rings. The first-order valence-corrected chi connectivity index (χ1v) is 7.20. The molecule has 0 radical (unpaired) electrons. The summed E-state index contributed by atoms with van der Waals surface area (Å²) in [5.74, 6) is 0.282. The molecule has 0 heterocycles. The Morgan fingerprint density at radius 1 is 1.39 bits per heavy atom. The number of hydrogen-bond acceptors (Lipinski definition) is 3. The molecule has 1 rings (SSSR count). The third kappa shape index (κ3) is 4.59. The Labute approximate surface area is 123 Å². The van der Waals surface area contributed by atoms with Gasteiger partial charge in [-0.2, -0.15) is 0 Å². The molecule has 0 saturated heterocycles. The third-order valence-electron chi connectivity index (χ3n) is 2.29. The molecule has 0 atom stereocenters. The number of rotatable bonds is 6. The summed E-state index contributed by atoms with van der Waals surface area (Å²) >= 11 is 6.83. The fourth-order valence-electron chi connectivity index (χ4n) is 1.40. The van der Waals surface area contributed by atoms with E-state index in [0.29, 0.717) is 6.61 Å². The fourth-order valence-corrected chi connectivity index (χ4v) is 2.91. The highest BCUT2D eigenvalue weighted by Gasteiger charge is 2.11. The molecule has 0 aromatic heterocycles. The predicted molar refractivity (Wildman–Crippen MR) is 75.9 cm³/mol. The molecule has 6 heteroatoms. The lowest BCUT2D eigenvalue weighted by atomic mass is 10.1. The quantitative estimate of drug-likeness (QED) is 0.451. The van der Waals surface area contributed by atoms with Crippen LogP contribution in [0, 0.1) is 0 Å². The van der Waals surface area contributed by atoms with Crippen LogP contribution in [0.4, 0.5) is 0 Å². The molecule has 2 N–H and O–H groups in total. The summed E-state index contributed by atoms with van der Waals surface area (Å²) in [5.41, 5.74) is 2.39. The third-order valence-corrected chi connectivity index (χ3v) is 3.47. The second-order valence-corrected chi connectivity index (χ2v) is 5.51. The predicted octanol–water partition coefficient (Wildman–Crippen LogP) is 3.44.